The minimum atomic E-state index is -0.565. The first-order valence-corrected chi connectivity index (χ1v) is 22.8. The molecule has 0 aromatic carbocycles. The molecule has 0 rings (SSSR count). The van der Waals surface area contributed by atoms with Gasteiger partial charge in [-0.15, -0.1) is 0 Å². The van der Waals surface area contributed by atoms with Crippen molar-refractivity contribution in [3.8, 4) is 0 Å². The first-order chi connectivity index (χ1) is 26.6. The number of allylic oxidation sites excluding steroid dienone is 10. The highest BCUT2D eigenvalue weighted by Crippen LogP contribution is 2.13. The van der Waals surface area contributed by atoms with Crippen LogP contribution in [0.5, 0.6) is 0 Å². The van der Waals surface area contributed by atoms with Gasteiger partial charge in [-0.1, -0.05) is 191 Å². The second-order valence-electron chi connectivity index (χ2n) is 14.9. The van der Waals surface area contributed by atoms with E-state index in [9.17, 15) is 9.59 Å². The molecule has 0 aliphatic carbocycles. The van der Waals surface area contributed by atoms with Crippen molar-refractivity contribution in [3.05, 3.63) is 60.8 Å². The zero-order valence-corrected chi connectivity index (χ0v) is 35.7. The lowest BCUT2D eigenvalue weighted by molar-refractivity contribution is -0.162. The summed E-state index contributed by atoms with van der Waals surface area (Å²) in [5.74, 6) is -0.498. The highest BCUT2D eigenvalue weighted by Gasteiger charge is 2.17. The zero-order chi connectivity index (χ0) is 39.3. The molecule has 1 atom stereocenters. The molecule has 54 heavy (non-hydrogen) atoms. The average Bonchev–Trinajstić information content (AvgIpc) is 3.17. The van der Waals surface area contributed by atoms with Gasteiger partial charge in [0.25, 0.3) is 0 Å². The third-order valence-corrected chi connectivity index (χ3v) is 9.55. The maximum absolute atomic E-state index is 12.7. The molecule has 0 aliphatic heterocycles. The van der Waals surface area contributed by atoms with E-state index in [-0.39, 0.29) is 25.2 Å². The smallest absolute Gasteiger partial charge is 0.306 e. The predicted molar refractivity (Wildman–Crippen MR) is 233 cm³/mol. The van der Waals surface area contributed by atoms with Gasteiger partial charge in [-0.25, -0.2) is 0 Å². The molecule has 1 unspecified atom stereocenters. The molecular weight excluding hydrogens is 669 g/mol. The minimum Gasteiger partial charge on any atom is -0.462 e. The van der Waals surface area contributed by atoms with Gasteiger partial charge in [0.05, 0.1) is 6.61 Å². The quantitative estimate of drug-likeness (QED) is 0.0353. The molecule has 0 aromatic heterocycles. The van der Waals surface area contributed by atoms with Gasteiger partial charge in [0.2, 0.25) is 0 Å². The van der Waals surface area contributed by atoms with Crippen LogP contribution >= 0.6 is 0 Å². The van der Waals surface area contributed by atoms with E-state index >= 15 is 0 Å². The zero-order valence-electron chi connectivity index (χ0n) is 35.7. The number of hydrogen-bond acceptors (Lipinski definition) is 5. The van der Waals surface area contributed by atoms with E-state index in [1.165, 1.54) is 109 Å². The first kappa shape index (κ1) is 51.6. The Morgan fingerprint density at radius 3 is 1.43 bits per heavy atom. The van der Waals surface area contributed by atoms with Crippen molar-refractivity contribution < 1.29 is 23.8 Å². The van der Waals surface area contributed by atoms with Crippen LogP contribution in [-0.4, -0.2) is 37.9 Å². The van der Waals surface area contributed by atoms with E-state index in [0.29, 0.717) is 25.9 Å². The lowest BCUT2D eigenvalue weighted by Crippen LogP contribution is -2.30. The van der Waals surface area contributed by atoms with E-state index in [1.807, 2.05) is 6.08 Å². The molecule has 0 amide bonds. The number of carbonyl (C=O) groups is 2. The Morgan fingerprint density at radius 2 is 0.870 bits per heavy atom. The normalized spacial score (nSPS) is 12.7. The van der Waals surface area contributed by atoms with Crippen molar-refractivity contribution in [1.29, 1.82) is 0 Å². The van der Waals surface area contributed by atoms with Crippen molar-refractivity contribution in [2.45, 2.75) is 219 Å². The molecule has 0 heterocycles. The first-order valence-electron chi connectivity index (χ1n) is 22.8. The lowest BCUT2D eigenvalue weighted by atomic mass is 10.1. The van der Waals surface area contributed by atoms with E-state index in [0.717, 1.165) is 64.2 Å². The van der Waals surface area contributed by atoms with Gasteiger partial charge in [0.1, 0.15) is 6.61 Å². The molecule has 0 N–H and O–H groups in total. The number of rotatable bonds is 41. The van der Waals surface area contributed by atoms with E-state index in [1.54, 1.807) is 0 Å². The minimum absolute atomic E-state index is 0.0450. The van der Waals surface area contributed by atoms with E-state index in [2.05, 4.69) is 75.5 Å². The summed E-state index contributed by atoms with van der Waals surface area (Å²) >= 11 is 0. The summed E-state index contributed by atoms with van der Waals surface area (Å²) in [5.41, 5.74) is 0. The van der Waals surface area contributed by atoms with Crippen molar-refractivity contribution in [3.63, 3.8) is 0 Å². The highest BCUT2D eigenvalue weighted by molar-refractivity contribution is 5.70. The second-order valence-corrected chi connectivity index (χ2v) is 14.9. The Hall–Kier alpha value is -2.40. The molecular formula is C49H86O5. The van der Waals surface area contributed by atoms with Gasteiger partial charge >= 0.3 is 11.9 Å². The maximum Gasteiger partial charge on any atom is 0.306 e. The molecule has 0 aromatic rings. The fourth-order valence-corrected chi connectivity index (χ4v) is 6.16. The number of hydrogen-bond donors (Lipinski definition) is 0. The maximum atomic E-state index is 12.7. The molecule has 0 saturated carbocycles. The summed E-state index contributed by atoms with van der Waals surface area (Å²) in [4.78, 5) is 25.2. The Morgan fingerprint density at radius 1 is 0.426 bits per heavy atom. The topological polar surface area (TPSA) is 61.8 Å². The third kappa shape index (κ3) is 42.3. The van der Waals surface area contributed by atoms with Crippen molar-refractivity contribution in [2.75, 3.05) is 19.8 Å². The molecule has 0 radical (unpaired) electrons. The largest absolute Gasteiger partial charge is 0.462 e. The molecule has 5 heteroatoms. The van der Waals surface area contributed by atoms with Crippen LogP contribution in [0.15, 0.2) is 60.8 Å². The summed E-state index contributed by atoms with van der Waals surface area (Å²) in [6.07, 6.45) is 55.1. The number of unbranched alkanes of at least 4 members (excludes halogenated alkanes) is 20. The van der Waals surface area contributed by atoms with Crippen LogP contribution in [0.25, 0.3) is 0 Å². The summed E-state index contributed by atoms with van der Waals surface area (Å²) in [6.45, 7) is 7.61. The van der Waals surface area contributed by atoms with Gasteiger partial charge in [0.15, 0.2) is 6.10 Å². The van der Waals surface area contributed by atoms with Crippen LogP contribution in [0, 0.1) is 0 Å². The molecule has 312 valence electrons. The number of carbonyl (C=O) groups excluding carboxylic acids is 2. The van der Waals surface area contributed by atoms with Crippen molar-refractivity contribution in [2.24, 2.45) is 0 Å². The van der Waals surface area contributed by atoms with Crippen LogP contribution < -0.4 is 0 Å². The predicted octanol–water partition coefficient (Wildman–Crippen LogP) is 15.0. The van der Waals surface area contributed by atoms with Crippen LogP contribution in [0.4, 0.5) is 0 Å². The van der Waals surface area contributed by atoms with Crippen LogP contribution in [0.1, 0.15) is 213 Å². The summed E-state index contributed by atoms with van der Waals surface area (Å²) in [7, 11) is 0. The fraction of sp³-hybridized carbons (Fsp3) is 0.755. The Balaban J connectivity index is 4.36. The number of ether oxygens (including phenoxy) is 3. The van der Waals surface area contributed by atoms with Gasteiger partial charge in [-0.05, 0) is 70.6 Å². The summed E-state index contributed by atoms with van der Waals surface area (Å²) in [5, 5.41) is 0. The second kappa shape index (κ2) is 45.0. The molecule has 0 fully saturated rings. The fourth-order valence-electron chi connectivity index (χ4n) is 6.16. The lowest BCUT2D eigenvalue weighted by Gasteiger charge is -2.18. The molecule has 0 aliphatic rings. The number of esters is 2. The average molecular weight is 755 g/mol. The molecule has 5 nitrogen and oxygen atoms in total. The summed E-state index contributed by atoms with van der Waals surface area (Å²) in [6, 6.07) is 0. The highest BCUT2D eigenvalue weighted by atomic mass is 16.6. The van der Waals surface area contributed by atoms with Gasteiger partial charge in [0, 0.05) is 19.4 Å². The van der Waals surface area contributed by atoms with Crippen LogP contribution in [0.3, 0.4) is 0 Å². The van der Waals surface area contributed by atoms with Crippen molar-refractivity contribution in [1.82, 2.24) is 0 Å². The summed E-state index contributed by atoms with van der Waals surface area (Å²) < 4.78 is 17.2. The standard InChI is InChI=1S/C49H86O5/c1-4-7-10-13-16-19-22-25-27-30-33-36-39-42-48(50)53-46-47(45-52-44-41-38-35-32-29-24-21-18-15-12-9-6-3)54-49(51)43-40-37-34-31-28-26-23-20-17-14-11-8-5-2/h7,10,16,19-20,23,25,27,33,36,47H,4-6,8-9,11-15,17-18,21-22,24,26,28-32,34-35,37-46H2,1-3H3/b10-7-,19-16-,23-20-,27-25-,36-33-. The van der Waals surface area contributed by atoms with Crippen LogP contribution in [-0.2, 0) is 23.8 Å². The Bertz CT molecular complexity index is 946. The molecule has 0 spiro atoms. The molecule has 0 bridgehead atoms. The van der Waals surface area contributed by atoms with Crippen LogP contribution in [0.2, 0.25) is 0 Å². The Kier molecular flexibility index (Phi) is 43.0. The van der Waals surface area contributed by atoms with Gasteiger partial charge in [-0.2, -0.15) is 0 Å². The van der Waals surface area contributed by atoms with E-state index in [4.69, 9.17) is 14.2 Å². The SMILES string of the molecule is CC/C=C\C/C=C\C/C=C\C/C=C\CCC(=O)OCC(COCCCCCCCCCCCCCC)OC(=O)CCCCCCC/C=C\CCCCCC. The van der Waals surface area contributed by atoms with Crippen molar-refractivity contribution >= 4 is 11.9 Å². The third-order valence-electron chi connectivity index (χ3n) is 9.55. The molecule has 0 saturated heterocycles. The Labute approximate surface area is 334 Å². The van der Waals surface area contributed by atoms with Gasteiger partial charge < -0.3 is 14.2 Å². The monoisotopic (exact) mass is 755 g/mol. The van der Waals surface area contributed by atoms with Gasteiger partial charge in [-0.3, -0.25) is 9.59 Å². The van der Waals surface area contributed by atoms with E-state index < -0.39 is 6.10 Å².